The number of fused-ring (bicyclic) bond motifs is 3. The van der Waals surface area contributed by atoms with Gasteiger partial charge in [0.2, 0.25) is 5.91 Å². The lowest BCUT2D eigenvalue weighted by Gasteiger charge is -2.37. The Kier molecular flexibility index (Phi) is 9.68. The van der Waals surface area contributed by atoms with Crippen LogP contribution < -0.4 is 10.6 Å². The third kappa shape index (κ3) is 6.82. The van der Waals surface area contributed by atoms with Gasteiger partial charge in [-0.15, -0.1) is 0 Å². The molecule has 1 aliphatic carbocycles. The van der Waals surface area contributed by atoms with Crippen molar-refractivity contribution in [3.8, 4) is 11.1 Å². The van der Waals surface area contributed by atoms with Crippen molar-refractivity contribution in [3.63, 3.8) is 0 Å². The molecule has 1 aliphatic rings. The van der Waals surface area contributed by atoms with Crippen molar-refractivity contribution in [1.29, 1.82) is 0 Å². The second-order valence-electron chi connectivity index (χ2n) is 11.7. The average Bonchev–Trinajstić information content (AvgIpc) is 3.29. The van der Waals surface area contributed by atoms with Crippen LogP contribution >= 0.6 is 0 Å². The zero-order valence-electron chi connectivity index (χ0n) is 24.8. The van der Waals surface area contributed by atoms with E-state index in [9.17, 15) is 19.5 Å². The number of hydrogen-bond acceptors (Lipinski definition) is 5. The van der Waals surface area contributed by atoms with E-state index in [4.69, 9.17) is 9.47 Å². The summed E-state index contributed by atoms with van der Waals surface area (Å²) in [6, 6.07) is 23.7. The number of ether oxygens (including phenoxy) is 2. The SMILES string of the molecule is CC(C)C(NC(=O)OCC1c2ccccc2-c2ccccc21)C(C)(C)C(=O)NC(C(=O)O)C(C)OCc1ccccc1. The van der Waals surface area contributed by atoms with E-state index in [0.717, 1.165) is 27.8 Å². The Morgan fingerprint density at radius 3 is 1.93 bits per heavy atom. The monoisotopic (exact) mass is 572 g/mol. The number of rotatable bonds is 12. The summed E-state index contributed by atoms with van der Waals surface area (Å²) in [7, 11) is 0. The standard InChI is InChI=1S/C34H40N2O6/c1-21(2)30(34(4,5)32(39)35-29(31(37)38)22(3)41-19-23-13-7-6-8-14-23)36-33(40)42-20-28-26-17-11-9-15-24(26)25-16-10-12-18-27(25)28/h6-18,21-22,28-30H,19-20H2,1-5H3,(H,35,39)(H,36,40)(H,37,38). The number of hydrogen-bond donors (Lipinski definition) is 3. The first-order valence-electron chi connectivity index (χ1n) is 14.3. The summed E-state index contributed by atoms with van der Waals surface area (Å²) >= 11 is 0. The molecule has 8 heteroatoms. The number of nitrogens with one attached hydrogen (secondary N) is 2. The predicted molar refractivity (Wildman–Crippen MR) is 161 cm³/mol. The summed E-state index contributed by atoms with van der Waals surface area (Å²) in [6.07, 6.45) is -1.43. The predicted octanol–water partition coefficient (Wildman–Crippen LogP) is 5.75. The molecule has 222 valence electrons. The Morgan fingerprint density at radius 2 is 1.38 bits per heavy atom. The molecule has 0 aliphatic heterocycles. The minimum Gasteiger partial charge on any atom is -0.480 e. The molecule has 3 aromatic rings. The largest absolute Gasteiger partial charge is 0.480 e. The lowest BCUT2D eigenvalue weighted by atomic mass is 9.77. The normalized spacial score (nSPS) is 14.8. The maximum absolute atomic E-state index is 13.5. The van der Waals surface area contributed by atoms with Crippen LogP contribution in [0.15, 0.2) is 78.9 Å². The second kappa shape index (κ2) is 13.2. The van der Waals surface area contributed by atoms with Gasteiger partial charge in [0.15, 0.2) is 6.04 Å². The third-order valence-electron chi connectivity index (χ3n) is 8.02. The fourth-order valence-corrected chi connectivity index (χ4v) is 5.69. The van der Waals surface area contributed by atoms with E-state index in [1.165, 1.54) is 0 Å². The number of carbonyl (C=O) groups excluding carboxylic acids is 2. The minimum atomic E-state index is -1.28. The molecule has 0 aromatic heterocycles. The van der Waals surface area contributed by atoms with E-state index in [1.807, 2.05) is 68.4 Å². The summed E-state index contributed by atoms with van der Waals surface area (Å²) in [4.78, 5) is 38.7. The second-order valence-corrected chi connectivity index (χ2v) is 11.7. The Hall–Kier alpha value is -4.17. The zero-order valence-corrected chi connectivity index (χ0v) is 24.8. The molecule has 0 fully saturated rings. The van der Waals surface area contributed by atoms with Gasteiger partial charge in [0.05, 0.1) is 18.1 Å². The van der Waals surface area contributed by atoms with E-state index < -0.39 is 41.6 Å². The van der Waals surface area contributed by atoms with Crippen molar-refractivity contribution < 1.29 is 29.0 Å². The Bertz CT molecular complexity index is 1360. The van der Waals surface area contributed by atoms with Crippen LogP contribution in [0, 0.1) is 11.3 Å². The highest BCUT2D eigenvalue weighted by atomic mass is 16.5. The molecule has 4 rings (SSSR count). The number of carboxylic acids is 1. The van der Waals surface area contributed by atoms with Gasteiger partial charge in [-0.3, -0.25) is 4.79 Å². The van der Waals surface area contributed by atoms with Crippen LogP contribution in [-0.2, 0) is 25.7 Å². The number of benzene rings is 3. The lowest BCUT2D eigenvalue weighted by molar-refractivity contribution is -0.148. The summed E-state index contributed by atoms with van der Waals surface area (Å²) in [5.74, 6) is -1.96. The Labute approximate surface area is 247 Å². The smallest absolute Gasteiger partial charge is 0.407 e. The Morgan fingerprint density at radius 1 is 0.833 bits per heavy atom. The van der Waals surface area contributed by atoms with E-state index >= 15 is 0 Å². The number of aliphatic carboxylic acids is 1. The average molecular weight is 573 g/mol. The molecule has 3 unspecified atom stereocenters. The van der Waals surface area contributed by atoms with Gasteiger partial charge in [0.25, 0.3) is 0 Å². The molecule has 0 spiro atoms. The van der Waals surface area contributed by atoms with Crippen LogP contribution in [0.1, 0.15) is 57.2 Å². The Balaban J connectivity index is 1.40. The molecule has 0 radical (unpaired) electrons. The quantitative estimate of drug-likeness (QED) is 0.255. The van der Waals surface area contributed by atoms with E-state index in [1.54, 1.807) is 20.8 Å². The molecule has 3 atom stereocenters. The summed E-state index contributed by atoms with van der Waals surface area (Å²) in [5.41, 5.74) is 4.22. The molecule has 0 saturated heterocycles. The van der Waals surface area contributed by atoms with Crippen molar-refractivity contribution >= 4 is 18.0 Å². The molecule has 3 N–H and O–H groups in total. The highest BCUT2D eigenvalue weighted by molar-refractivity contribution is 5.88. The van der Waals surface area contributed by atoms with Gasteiger partial charge in [0.1, 0.15) is 6.61 Å². The van der Waals surface area contributed by atoms with Crippen LogP contribution in [0.3, 0.4) is 0 Å². The molecule has 3 aromatic carbocycles. The van der Waals surface area contributed by atoms with Crippen LogP contribution in [0.2, 0.25) is 0 Å². The van der Waals surface area contributed by atoms with Crippen molar-refractivity contribution in [3.05, 3.63) is 95.6 Å². The van der Waals surface area contributed by atoms with Gasteiger partial charge in [-0.25, -0.2) is 9.59 Å². The topological polar surface area (TPSA) is 114 Å². The number of carboxylic acid groups (broad SMARTS) is 1. The molecule has 2 amide bonds. The van der Waals surface area contributed by atoms with Gasteiger partial charge >= 0.3 is 12.1 Å². The van der Waals surface area contributed by atoms with E-state index in [-0.39, 0.29) is 25.0 Å². The maximum Gasteiger partial charge on any atom is 0.407 e. The summed E-state index contributed by atoms with van der Waals surface area (Å²) in [5, 5.41) is 15.4. The van der Waals surface area contributed by atoms with Gasteiger partial charge in [-0.2, -0.15) is 0 Å². The number of carbonyl (C=O) groups is 3. The zero-order chi connectivity index (χ0) is 30.4. The summed E-state index contributed by atoms with van der Waals surface area (Å²) in [6.45, 7) is 9.13. The third-order valence-corrected chi connectivity index (χ3v) is 8.02. The highest BCUT2D eigenvalue weighted by Gasteiger charge is 2.42. The first-order chi connectivity index (χ1) is 20.0. The van der Waals surface area contributed by atoms with Crippen LogP contribution in [0.5, 0.6) is 0 Å². The highest BCUT2D eigenvalue weighted by Crippen LogP contribution is 2.44. The molecule has 0 bridgehead atoms. The van der Waals surface area contributed by atoms with Crippen LogP contribution in [-0.4, -0.2) is 47.9 Å². The van der Waals surface area contributed by atoms with Gasteiger partial charge in [-0.1, -0.05) is 92.7 Å². The van der Waals surface area contributed by atoms with Crippen molar-refractivity contribution in [2.75, 3.05) is 6.61 Å². The first kappa shape index (κ1) is 30.8. The van der Waals surface area contributed by atoms with Crippen molar-refractivity contribution in [2.24, 2.45) is 11.3 Å². The van der Waals surface area contributed by atoms with Gasteiger partial charge in [0, 0.05) is 12.0 Å². The van der Waals surface area contributed by atoms with Crippen molar-refractivity contribution in [2.45, 2.75) is 65.3 Å². The number of alkyl carbamates (subject to hydrolysis) is 1. The fraction of sp³-hybridized carbons (Fsp3) is 0.382. The molecule has 8 nitrogen and oxygen atoms in total. The number of amides is 2. The van der Waals surface area contributed by atoms with E-state index in [0.29, 0.717) is 0 Å². The van der Waals surface area contributed by atoms with Crippen LogP contribution in [0.4, 0.5) is 4.79 Å². The van der Waals surface area contributed by atoms with Gasteiger partial charge < -0.3 is 25.2 Å². The molecular formula is C34H40N2O6. The first-order valence-corrected chi connectivity index (χ1v) is 14.3. The van der Waals surface area contributed by atoms with E-state index in [2.05, 4.69) is 34.9 Å². The van der Waals surface area contributed by atoms with Crippen molar-refractivity contribution in [1.82, 2.24) is 10.6 Å². The van der Waals surface area contributed by atoms with Gasteiger partial charge in [-0.05, 0) is 54.5 Å². The molecular weight excluding hydrogens is 532 g/mol. The molecule has 0 saturated carbocycles. The lowest BCUT2D eigenvalue weighted by Crippen LogP contribution is -2.59. The minimum absolute atomic E-state index is 0.0920. The molecule has 0 heterocycles. The maximum atomic E-state index is 13.5. The molecule has 42 heavy (non-hydrogen) atoms. The van der Waals surface area contributed by atoms with Crippen LogP contribution in [0.25, 0.3) is 11.1 Å². The fourth-order valence-electron chi connectivity index (χ4n) is 5.69. The summed E-state index contributed by atoms with van der Waals surface area (Å²) < 4.78 is 11.5.